The van der Waals surface area contributed by atoms with E-state index in [1.165, 1.54) is 0 Å². The fourth-order valence-electron chi connectivity index (χ4n) is 1.26. The summed E-state index contributed by atoms with van der Waals surface area (Å²) in [6, 6.07) is 1.86. The molecular formula is C13H15NO. The fraction of sp³-hybridized carbons (Fsp3) is 0.154. The molecule has 78 valence electrons. The van der Waals surface area contributed by atoms with Crippen LogP contribution in [0.5, 0.6) is 0 Å². The Morgan fingerprint density at radius 3 is 2.73 bits per heavy atom. The van der Waals surface area contributed by atoms with E-state index in [1.54, 1.807) is 13.0 Å². The van der Waals surface area contributed by atoms with Gasteiger partial charge in [-0.25, -0.2) is 0 Å². The highest BCUT2D eigenvalue weighted by atomic mass is 16.1. The normalized spacial score (nSPS) is 13.7. The van der Waals surface area contributed by atoms with E-state index in [-0.39, 0.29) is 5.56 Å². The van der Waals surface area contributed by atoms with Crippen molar-refractivity contribution < 1.29 is 0 Å². The molecule has 0 aromatic carbocycles. The number of rotatable bonds is 2. The van der Waals surface area contributed by atoms with Gasteiger partial charge < -0.3 is 4.98 Å². The van der Waals surface area contributed by atoms with Gasteiger partial charge in [0.15, 0.2) is 0 Å². The van der Waals surface area contributed by atoms with Gasteiger partial charge in [-0.3, -0.25) is 4.79 Å². The van der Waals surface area contributed by atoms with Gasteiger partial charge in [0.25, 0.3) is 5.56 Å². The van der Waals surface area contributed by atoms with Gasteiger partial charge in [0, 0.05) is 10.9 Å². The van der Waals surface area contributed by atoms with Crippen LogP contribution in [0.2, 0.25) is 0 Å². The molecule has 0 unspecified atom stereocenters. The lowest BCUT2D eigenvalue weighted by atomic mass is 10.2. The molecule has 0 amide bonds. The van der Waals surface area contributed by atoms with Crippen LogP contribution in [0.3, 0.4) is 0 Å². The minimum absolute atomic E-state index is 0.0491. The first-order valence-electron chi connectivity index (χ1n) is 4.84. The summed E-state index contributed by atoms with van der Waals surface area (Å²) in [6.07, 6.45) is 9.26. The molecule has 0 spiro atoms. The van der Waals surface area contributed by atoms with E-state index in [0.29, 0.717) is 5.56 Å². The molecule has 0 bridgehead atoms. The molecule has 0 atom stereocenters. The van der Waals surface area contributed by atoms with Gasteiger partial charge in [-0.15, -0.1) is 0 Å². The van der Waals surface area contributed by atoms with Gasteiger partial charge in [0.05, 0.1) is 0 Å². The van der Waals surface area contributed by atoms with Crippen LogP contribution in [0, 0.1) is 6.92 Å². The van der Waals surface area contributed by atoms with Gasteiger partial charge in [0.2, 0.25) is 0 Å². The summed E-state index contributed by atoms with van der Waals surface area (Å²) in [5.41, 5.74) is 0.660. The Morgan fingerprint density at radius 2 is 2.13 bits per heavy atom. The average Bonchev–Trinajstić information content (AvgIpc) is 2.21. The molecule has 0 fully saturated rings. The minimum atomic E-state index is -0.0491. The maximum Gasteiger partial charge on any atom is 0.251 e. The number of pyridine rings is 1. The SMILES string of the molecule is C=C/C=c1/cc(C)c(=O)[nH]/c1=C/C=C\C. The number of nitrogens with one attached hydrogen (secondary N) is 1. The minimum Gasteiger partial charge on any atom is -0.322 e. The van der Waals surface area contributed by atoms with E-state index in [1.807, 2.05) is 37.3 Å². The number of H-pyrrole nitrogens is 1. The first kappa shape index (κ1) is 11.2. The second-order valence-corrected chi connectivity index (χ2v) is 3.25. The van der Waals surface area contributed by atoms with Crippen molar-refractivity contribution in [1.82, 2.24) is 4.98 Å². The monoisotopic (exact) mass is 201 g/mol. The molecule has 1 N–H and O–H groups in total. The molecule has 1 aromatic rings. The topological polar surface area (TPSA) is 32.9 Å². The Bertz CT molecular complexity index is 547. The van der Waals surface area contributed by atoms with Crippen molar-refractivity contribution in [3.05, 3.63) is 57.4 Å². The van der Waals surface area contributed by atoms with E-state index in [2.05, 4.69) is 11.6 Å². The molecule has 1 rings (SSSR count). The van der Waals surface area contributed by atoms with Crippen molar-refractivity contribution in [3.63, 3.8) is 0 Å². The molecule has 0 aliphatic heterocycles. The summed E-state index contributed by atoms with van der Waals surface area (Å²) < 4.78 is 0. The van der Waals surface area contributed by atoms with Gasteiger partial charge in [0.1, 0.15) is 0 Å². The van der Waals surface area contributed by atoms with Crippen molar-refractivity contribution in [2.75, 3.05) is 0 Å². The maximum absolute atomic E-state index is 11.4. The predicted molar refractivity (Wildman–Crippen MR) is 65.0 cm³/mol. The standard InChI is InChI=1S/C13H15NO/c1-4-6-8-12-11(7-5-2)9-10(3)13(15)14-12/h4-9H,2H2,1,3H3,(H,14,15)/b6-4-,11-7-,12-8+. The Labute approximate surface area is 89.0 Å². The van der Waals surface area contributed by atoms with Gasteiger partial charge >= 0.3 is 0 Å². The quantitative estimate of drug-likeness (QED) is 0.761. The second kappa shape index (κ2) is 5.15. The zero-order valence-corrected chi connectivity index (χ0v) is 9.08. The average molecular weight is 201 g/mol. The molecule has 2 heteroatoms. The summed E-state index contributed by atoms with van der Waals surface area (Å²) in [5.74, 6) is 0. The van der Waals surface area contributed by atoms with Crippen LogP contribution in [0.25, 0.3) is 12.2 Å². The Hall–Kier alpha value is -1.83. The number of hydrogen-bond donors (Lipinski definition) is 1. The second-order valence-electron chi connectivity index (χ2n) is 3.25. The van der Waals surface area contributed by atoms with Crippen LogP contribution >= 0.6 is 0 Å². The molecule has 1 heterocycles. The third-order valence-electron chi connectivity index (χ3n) is 2.04. The summed E-state index contributed by atoms with van der Waals surface area (Å²) in [7, 11) is 0. The smallest absolute Gasteiger partial charge is 0.251 e. The highest BCUT2D eigenvalue weighted by molar-refractivity contribution is 5.41. The molecule has 0 saturated heterocycles. The fourth-order valence-corrected chi connectivity index (χ4v) is 1.26. The van der Waals surface area contributed by atoms with Crippen LogP contribution in [0.15, 0.2) is 35.7 Å². The maximum atomic E-state index is 11.4. The van der Waals surface area contributed by atoms with Crippen molar-refractivity contribution in [2.24, 2.45) is 0 Å². The highest BCUT2D eigenvalue weighted by Crippen LogP contribution is 1.77. The van der Waals surface area contributed by atoms with Gasteiger partial charge in [-0.1, -0.05) is 30.9 Å². The number of aryl methyl sites for hydroxylation is 1. The predicted octanol–water partition coefficient (Wildman–Crippen LogP) is 1.01. The first-order chi connectivity index (χ1) is 7.19. The summed E-state index contributed by atoms with van der Waals surface area (Å²) >= 11 is 0. The first-order valence-corrected chi connectivity index (χ1v) is 4.84. The zero-order chi connectivity index (χ0) is 11.3. The number of aromatic amines is 1. The van der Waals surface area contributed by atoms with Gasteiger partial charge in [-0.2, -0.15) is 0 Å². The van der Waals surface area contributed by atoms with Crippen LogP contribution in [0.4, 0.5) is 0 Å². The number of allylic oxidation sites excluding steroid dienone is 3. The van der Waals surface area contributed by atoms with Crippen LogP contribution in [0.1, 0.15) is 12.5 Å². The van der Waals surface area contributed by atoms with Gasteiger partial charge in [-0.05, 0) is 31.2 Å². The highest BCUT2D eigenvalue weighted by Gasteiger charge is 1.92. The largest absolute Gasteiger partial charge is 0.322 e. The van der Waals surface area contributed by atoms with Crippen LogP contribution < -0.4 is 16.1 Å². The van der Waals surface area contributed by atoms with Crippen molar-refractivity contribution >= 4 is 12.2 Å². The zero-order valence-electron chi connectivity index (χ0n) is 9.08. The van der Waals surface area contributed by atoms with E-state index < -0.39 is 0 Å². The number of hydrogen-bond acceptors (Lipinski definition) is 1. The number of aromatic nitrogens is 1. The van der Waals surface area contributed by atoms with E-state index in [4.69, 9.17) is 0 Å². The molecule has 1 aromatic heterocycles. The third-order valence-corrected chi connectivity index (χ3v) is 2.04. The lowest BCUT2D eigenvalue weighted by molar-refractivity contribution is 1.11. The molecule has 2 nitrogen and oxygen atoms in total. The third kappa shape index (κ3) is 2.81. The van der Waals surface area contributed by atoms with E-state index in [0.717, 1.165) is 10.6 Å². The van der Waals surface area contributed by atoms with Crippen LogP contribution in [-0.2, 0) is 0 Å². The Balaban J connectivity index is 3.63. The van der Waals surface area contributed by atoms with E-state index >= 15 is 0 Å². The lowest BCUT2D eigenvalue weighted by Crippen LogP contribution is -2.35. The Kier molecular flexibility index (Phi) is 3.86. The molecule has 0 aliphatic carbocycles. The molecule has 0 saturated carbocycles. The van der Waals surface area contributed by atoms with Crippen LogP contribution in [-0.4, -0.2) is 4.98 Å². The van der Waals surface area contributed by atoms with Crippen molar-refractivity contribution in [1.29, 1.82) is 0 Å². The Morgan fingerprint density at radius 1 is 1.40 bits per heavy atom. The van der Waals surface area contributed by atoms with Crippen molar-refractivity contribution in [3.8, 4) is 0 Å². The summed E-state index contributed by atoms with van der Waals surface area (Å²) in [5, 5.41) is 1.78. The summed E-state index contributed by atoms with van der Waals surface area (Å²) in [4.78, 5) is 14.2. The molecule has 0 radical (unpaired) electrons. The molecule has 15 heavy (non-hydrogen) atoms. The van der Waals surface area contributed by atoms with Crippen molar-refractivity contribution in [2.45, 2.75) is 13.8 Å². The van der Waals surface area contributed by atoms with E-state index in [9.17, 15) is 4.79 Å². The molecule has 0 aliphatic rings. The summed E-state index contributed by atoms with van der Waals surface area (Å²) in [6.45, 7) is 7.37. The lowest BCUT2D eigenvalue weighted by Gasteiger charge is -1.93. The molecular weight excluding hydrogens is 186 g/mol.